The molecule has 8 nitrogen and oxygen atoms in total. The lowest BCUT2D eigenvalue weighted by Gasteiger charge is -2.33. The number of anilines is 2. The molecule has 2 atom stereocenters. The van der Waals surface area contributed by atoms with Crippen LogP contribution in [0.2, 0.25) is 0 Å². The first-order valence-electron chi connectivity index (χ1n) is 9.39. The quantitative estimate of drug-likeness (QED) is 0.749. The lowest BCUT2D eigenvalue weighted by molar-refractivity contribution is -0.124. The molecule has 2 fully saturated rings. The van der Waals surface area contributed by atoms with Gasteiger partial charge in [0.05, 0.1) is 23.0 Å². The van der Waals surface area contributed by atoms with E-state index in [0.717, 1.165) is 44.5 Å². The van der Waals surface area contributed by atoms with Gasteiger partial charge >= 0.3 is 5.97 Å². The number of nitrogens with one attached hydrogen (secondary N) is 2. The number of ether oxygens (including phenoxy) is 2. The number of hydrogen-bond acceptors (Lipinski definition) is 6. The van der Waals surface area contributed by atoms with Crippen LogP contribution in [-0.2, 0) is 19.1 Å². The van der Waals surface area contributed by atoms with Gasteiger partial charge in [-0.2, -0.15) is 0 Å². The molecule has 27 heavy (non-hydrogen) atoms. The predicted octanol–water partition coefficient (Wildman–Crippen LogP) is 1.06. The van der Waals surface area contributed by atoms with Crippen molar-refractivity contribution in [2.45, 2.75) is 37.8 Å². The summed E-state index contributed by atoms with van der Waals surface area (Å²) in [6.45, 7) is 1.64. The molecule has 3 heterocycles. The average molecular weight is 373 g/mol. The summed E-state index contributed by atoms with van der Waals surface area (Å²) in [5, 5.41) is 5.57. The first kappa shape index (κ1) is 17.8. The molecule has 2 amide bonds. The van der Waals surface area contributed by atoms with E-state index in [1.54, 1.807) is 12.1 Å². The number of fused-ring (bicyclic) bond motifs is 3. The number of nitrogens with zero attached hydrogens (tertiary/aromatic N) is 1. The van der Waals surface area contributed by atoms with E-state index in [9.17, 15) is 14.4 Å². The lowest BCUT2D eigenvalue weighted by atomic mass is 10.1. The first-order valence-corrected chi connectivity index (χ1v) is 9.39. The van der Waals surface area contributed by atoms with E-state index in [2.05, 4.69) is 15.5 Å². The van der Waals surface area contributed by atoms with Crippen LogP contribution >= 0.6 is 0 Å². The molecule has 2 N–H and O–H groups in total. The number of carbonyl (C=O) groups excluding carboxylic acids is 3. The number of esters is 1. The van der Waals surface area contributed by atoms with Crippen molar-refractivity contribution in [1.82, 2.24) is 5.32 Å². The summed E-state index contributed by atoms with van der Waals surface area (Å²) in [6.07, 6.45) is 3.79. The van der Waals surface area contributed by atoms with Crippen LogP contribution in [0.4, 0.5) is 11.4 Å². The van der Waals surface area contributed by atoms with E-state index >= 15 is 0 Å². The third kappa shape index (κ3) is 3.75. The number of hydrogen-bond donors (Lipinski definition) is 2. The van der Waals surface area contributed by atoms with Crippen molar-refractivity contribution in [3.05, 3.63) is 23.8 Å². The fourth-order valence-electron chi connectivity index (χ4n) is 3.86. The van der Waals surface area contributed by atoms with Crippen LogP contribution < -0.4 is 15.5 Å². The van der Waals surface area contributed by atoms with E-state index in [4.69, 9.17) is 9.47 Å². The van der Waals surface area contributed by atoms with Gasteiger partial charge in [0, 0.05) is 19.7 Å². The Morgan fingerprint density at radius 3 is 3.00 bits per heavy atom. The largest absolute Gasteiger partial charge is 0.452 e. The molecule has 3 aliphatic rings. The highest BCUT2D eigenvalue weighted by Gasteiger charge is 2.36. The molecule has 144 valence electrons. The Kier molecular flexibility index (Phi) is 4.98. The highest BCUT2D eigenvalue weighted by molar-refractivity contribution is 6.05. The van der Waals surface area contributed by atoms with Gasteiger partial charge < -0.3 is 25.0 Å². The monoisotopic (exact) mass is 373 g/mol. The highest BCUT2D eigenvalue weighted by atomic mass is 16.5. The maximum atomic E-state index is 12.3. The second-order valence-corrected chi connectivity index (χ2v) is 7.09. The van der Waals surface area contributed by atoms with Gasteiger partial charge in [0.2, 0.25) is 5.91 Å². The zero-order valence-corrected chi connectivity index (χ0v) is 15.0. The van der Waals surface area contributed by atoms with Crippen molar-refractivity contribution < 1.29 is 23.9 Å². The number of carbonyl (C=O) groups is 3. The van der Waals surface area contributed by atoms with E-state index in [-0.39, 0.29) is 30.6 Å². The predicted molar refractivity (Wildman–Crippen MR) is 97.7 cm³/mol. The van der Waals surface area contributed by atoms with E-state index in [1.807, 2.05) is 6.07 Å². The molecule has 0 spiro atoms. The molecule has 3 aliphatic heterocycles. The van der Waals surface area contributed by atoms with Crippen LogP contribution in [0.15, 0.2) is 18.2 Å². The van der Waals surface area contributed by atoms with Gasteiger partial charge in [-0.15, -0.1) is 0 Å². The van der Waals surface area contributed by atoms with Crippen LogP contribution in [0.5, 0.6) is 0 Å². The number of amides is 2. The maximum Gasteiger partial charge on any atom is 0.338 e. The minimum Gasteiger partial charge on any atom is -0.452 e. The average Bonchev–Trinajstić information content (AvgIpc) is 3.36. The maximum absolute atomic E-state index is 12.3. The van der Waals surface area contributed by atoms with Crippen LogP contribution in [-0.4, -0.2) is 56.2 Å². The molecule has 2 saturated heterocycles. The smallest absolute Gasteiger partial charge is 0.338 e. The molecule has 0 radical (unpaired) electrons. The Hall–Kier alpha value is -2.61. The normalized spacial score (nSPS) is 23.4. The van der Waals surface area contributed by atoms with Gasteiger partial charge in [-0.3, -0.25) is 9.59 Å². The minimum atomic E-state index is -0.595. The summed E-state index contributed by atoms with van der Waals surface area (Å²) in [7, 11) is 0. The molecule has 1 aromatic carbocycles. The fraction of sp³-hybridized carbons (Fsp3) is 0.526. The molecular weight excluding hydrogens is 350 g/mol. The minimum absolute atomic E-state index is 0.0426. The molecule has 1 aromatic rings. The Labute approximate surface area is 157 Å². The zero-order valence-electron chi connectivity index (χ0n) is 15.0. The summed E-state index contributed by atoms with van der Waals surface area (Å²) in [4.78, 5) is 38.3. The topological polar surface area (TPSA) is 97.0 Å². The van der Waals surface area contributed by atoms with Gasteiger partial charge in [-0.25, -0.2) is 4.79 Å². The second-order valence-electron chi connectivity index (χ2n) is 7.09. The first-order chi connectivity index (χ1) is 13.1. The number of rotatable bonds is 5. The third-order valence-electron chi connectivity index (χ3n) is 5.24. The summed E-state index contributed by atoms with van der Waals surface area (Å²) in [6, 6.07) is 4.97. The molecule has 8 heteroatoms. The third-order valence-corrected chi connectivity index (χ3v) is 5.24. The van der Waals surface area contributed by atoms with Crippen LogP contribution in [0.25, 0.3) is 0 Å². The molecule has 0 saturated carbocycles. The molecule has 0 bridgehead atoms. The molecular formula is C19H23N3O5. The fourth-order valence-corrected chi connectivity index (χ4v) is 3.86. The van der Waals surface area contributed by atoms with Crippen molar-refractivity contribution in [3.63, 3.8) is 0 Å². The second kappa shape index (κ2) is 7.56. The zero-order chi connectivity index (χ0) is 18.8. The van der Waals surface area contributed by atoms with Gasteiger partial charge in [0.1, 0.15) is 6.04 Å². The Bertz CT molecular complexity index is 760. The van der Waals surface area contributed by atoms with Gasteiger partial charge in [0.15, 0.2) is 6.61 Å². The van der Waals surface area contributed by atoms with Crippen molar-refractivity contribution in [2.75, 3.05) is 36.5 Å². The van der Waals surface area contributed by atoms with Gasteiger partial charge in [-0.1, -0.05) is 0 Å². The SMILES string of the molecule is O=C(COC(=O)c1ccc2c(c1)NC(=O)[C@H]1CCCN21)NC[C@H]1CCCO1. The van der Waals surface area contributed by atoms with Crippen molar-refractivity contribution in [3.8, 4) is 0 Å². The molecule has 4 rings (SSSR count). The van der Waals surface area contributed by atoms with E-state index in [0.29, 0.717) is 17.8 Å². The number of benzene rings is 1. The van der Waals surface area contributed by atoms with Crippen LogP contribution in [0, 0.1) is 0 Å². The summed E-state index contributed by atoms with van der Waals surface area (Å²) < 4.78 is 10.5. The van der Waals surface area contributed by atoms with E-state index < -0.39 is 5.97 Å². The Balaban J connectivity index is 1.33. The highest BCUT2D eigenvalue weighted by Crippen LogP contribution is 2.37. The van der Waals surface area contributed by atoms with Crippen LogP contribution in [0.3, 0.4) is 0 Å². The lowest BCUT2D eigenvalue weighted by Crippen LogP contribution is -2.43. The van der Waals surface area contributed by atoms with Gasteiger partial charge in [-0.05, 0) is 43.9 Å². The van der Waals surface area contributed by atoms with E-state index in [1.165, 1.54) is 0 Å². The van der Waals surface area contributed by atoms with Crippen molar-refractivity contribution in [2.24, 2.45) is 0 Å². The standard InChI is InChI=1S/C19H23N3O5/c23-17(20-10-13-3-2-8-26-13)11-27-19(25)12-5-6-15-14(9-12)21-18(24)16-4-1-7-22(15)16/h5-6,9,13,16H,1-4,7-8,10-11H2,(H,20,23)(H,21,24)/t13-,16-/m1/s1. The van der Waals surface area contributed by atoms with Gasteiger partial charge in [0.25, 0.3) is 5.91 Å². The Morgan fingerprint density at radius 1 is 1.30 bits per heavy atom. The Morgan fingerprint density at radius 2 is 2.19 bits per heavy atom. The van der Waals surface area contributed by atoms with Crippen molar-refractivity contribution in [1.29, 1.82) is 0 Å². The van der Waals surface area contributed by atoms with Crippen molar-refractivity contribution >= 4 is 29.2 Å². The van der Waals surface area contributed by atoms with Crippen LogP contribution in [0.1, 0.15) is 36.0 Å². The summed E-state index contributed by atoms with van der Waals surface area (Å²) in [5.74, 6) is -0.994. The molecule has 0 aromatic heterocycles. The summed E-state index contributed by atoms with van der Waals surface area (Å²) >= 11 is 0. The molecule has 0 unspecified atom stereocenters. The summed E-state index contributed by atoms with van der Waals surface area (Å²) in [5.41, 5.74) is 1.83. The molecule has 0 aliphatic carbocycles.